The molecule has 0 bridgehead atoms. The summed E-state index contributed by atoms with van der Waals surface area (Å²) in [7, 11) is 2.93. The first kappa shape index (κ1) is 18.3. The lowest BCUT2D eigenvalue weighted by molar-refractivity contribution is -0.0320. The molecule has 24 heavy (non-hydrogen) atoms. The van der Waals surface area contributed by atoms with Crippen LogP contribution in [0.4, 0.5) is 9.18 Å². The zero-order chi connectivity index (χ0) is 17.9. The molecule has 1 fully saturated rings. The number of halogens is 1. The number of hydrogen-bond acceptors (Lipinski definition) is 4. The van der Waals surface area contributed by atoms with Crippen LogP contribution in [0.2, 0.25) is 0 Å². The number of nitrogens with one attached hydrogen (secondary N) is 1. The van der Waals surface area contributed by atoms with E-state index in [1.807, 2.05) is 13.8 Å². The molecule has 0 spiro atoms. The molecule has 0 unspecified atom stereocenters. The highest BCUT2D eigenvalue weighted by Crippen LogP contribution is 2.32. The van der Waals surface area contributed by atoms with Crippen molar-refractivity contribution in [2.45, 2.75) is 39.0 Å². The molecule has 7 heteroatoms. The van der Waals surface area contributed by atoms with E-state index in [9.17, 15) is 9.18 Å². The van der Waals surface area contributed by atoms with Crippen LogP contribution in [0.1, 0.15) is 32.4 Å². The van der Waals surface area contributed by atoms with Crippen molar-refractivity contribution in [3.63, 3.8) is 0 Å². The number of carbonyl (C=O) groups is 1. The largest absolute Gasteiger partial charge is 0.493 e. The van der Waals surface area contributed by atoms with Crippen molar-refractivity contribution in [1.29, 1.82) is 0 Å². The van der Waals surface area contributed by atoms with E-state index >= 15 is 0 Å². The lowest BCUT2D eigenvalue weighted by Crippen LogP contribution is -2.54. The van der Waals surface area contributed by atoms with E-state index in [0.29, 0.717) is 30.2 Å². The SMILES string of the molecule is COc1cc(F)c([C@H](C)NC(=O)N2C[C@H](C)OC[C@H]2C)cc1OC. The quantitative estimate of drug-likeness (QED) is 0.915. The van der Waals surface area contributed by atoms with Gasteiger partial charge in [-0.1, -0.05) is 0 Å². The first-order valence-corrected chi connectivity index (χ1v) is 7.97. The lowest BCUT2D eigenvalue weighted by atomic mass is 10.1. The highest BCUT2D eigenvalue weighted by atomic mass is 19.1. The summed E-state index contributed by atoms with van der Waals surface area (Å²) in [5, 5.41) is 2.84. The number of rotatable bonds is 4. The summed E-state index contributed by atoms with van der Waals surface area (Å²) in [4.78, 5) is 14.2. The number of amides is 2. The number of urea groups is 1. The van der Waals surface area contributed by atoms with Crippen LogP contribution in [0, 0.1) is 5.82 Å². The van der Waals surface area contributed by atoms with Crippen molar-refractivity contribution in [3.8, 4) is 11.5 Å². The lowest BCUT2D eigenvalue weighted by Gasteiger charge is -2.37. The van der Waals surface area contributed by atoms with Crippen molar-refractivity contribution in [2.24, 2.45) is 0 Å². The van der Waals surface area contributed by atoms with Crippen LogP contribution in [-0.2, 0) is 4.74 Å². The Balaban J connectivity index is 2.14. The maximum absolute atomic E-state index is 14.3. The third-order valence-corrected chi connectivity index (χ3v) is 4.18. The van der Waals surface area contributed by atoms with Gasteiger partial charge in [0.1, 0.15) is 5.82 Å². The van der Waals surface area contributed by atoms with E-state index in [4.69, 9.17) is 14.2 Å². The minimum absolute atomic E-state index is 0.0138. The molecule has 1 saturated heterocycles. The standard InChI is InChI=1S/C17H25FN2O4/c1-10-9-24-11(2)8-20(10)17(21)19-12(3)13-6-15(22-4)16(23-5)7-14(13)18/h6-7,10-12H,8-9H2,1-5H3,(H,19,21)/t10-,11+,12+/m1/s1. The molecule has 1 aromatic carbocycles. The van der Waals surface area contributed by atoms with Crippen LogP contribution < -0.4 is 14.8 Å². The Labute approximate surface area is 141 Å². The number of ether oxygens (including phenoxy) is 3. The van der Waals surface area contributed by atoms with Crippen molar-refractivity contribution < 1.29 is 23.4 Å². The van der Waals surface area contributed by atoms with E-state index in [1.165, 1.54) is 20.3 Å². The first-order valence-electron chi connectivity index (χ1n) is 7.97. The first-order chi connectivity index (χ1) is 11.4. The number of benzene rings is 1. The van der Waals surface area contributed by atoms with Crippen LogP contribution in [0.15, 0.2) is 12.1 Å². The maximum Gasteiger partial charge on any atom is 0.318 e. The minimum atomic E-state index is -0.511. The normalized spacial score (nSPS) is 22.0. The summed E-state index contributed by atoms with van der Waals surface area (Å²) in [5.74, 6) is 0.278. The molecule has 0 aliphatic carbocycles. The van der Waals surface area contributed by atoms with Gasteiger partial charge in [0.05, 0.1) is 39.0 Å². The van der Waals surface area contributed by atoms with Crippen molar-refractivity contribution in [2.75, 3.05) is 27.4 Å². The third kappa shape index (κ3) is 3.90. The number of carbonyl (C=O) groups excluding carboxylic acids is 1. The molecule has 6 nitrogen and oxygen atoms in total. The Bertz CT molecular complexity index is 596. The molecule has 134 valence electrons. The molecule has 0 radical (unpaired) electrons. The van der Waals surface area contributed by atoms with Crippen LogP contribution in [-0.4, -0.2) is 50.4 Å². The monoisotopic (exact) mass is 340 g/mol. The van der Waals surface area contributed by atoms with E-state index in [1.54, 1.807) is 17.9 Å². The predicted octanol–water partition coefficient (Wildman–Crippen LogP) is 2.72. The van der Waals surface area contributed by atoms with Crippen LogP contribution in [0.3, 0.4) is 0 Å². The Morgan fingerprint density at radius 2 is 1.96 bits per heavy atom. The van der Waals surface area contributed by atoms with Gasteiger partial charge in [-0.15, -0.1) is 0 Å². The average molecular weight is 340 g/mol. The Morgan fingerprint density at radius 1 is 1.33 bits per heavy atom. The third-order valence-electron chi connectivity index (χ3n) is 4.18. The van der Waals surface area contributed by atoms with Crippen molar-refractivity contribution >= 4 is 6.03 Å². The highest BCUT2D eigenvalue weighted by molar-refractivity contribution is 5.75. The summed E-state index contributed by atoms with van der Waals surface area (Å²) >= 11 is 0. The molecule has 3 atom stereocenters. The van der Waals surface area contributed by atoms with Gasteiger partial charge in [-0.25, -0.2) is 9.18 Å². The Kier molecular flexibility index (Phi) is 5.88. The average Bonchev–Trinajstić information content (AvgIpc) is 2.56. The fourth-order valence-electron chi connectivity index (χ4n) is 2.73. The number of hydrogen-bond donors (Lipinski definition) is 1. The van der Waals surface area contributed by atoms with Gasteiger partial charge in [-0.05, 0) is 26.8 Å². The van der Waals surface area contributed by atoms with Crippen LogP contribution >= 0.6 is 0 Å². The second kappa shape index (κ2) is 7.70. The molecular formula is C17H25FN2O4. The summed E-state index contributed by atoms with van der Waals surface area (Å²) in [6.07, 6.45) is -0.0138. The molecule has 1 aliphatic heterocycles. The van der Waals surface area contributed by atoms with Crippen LogP contribution in [0.25, 0.3) is 0 Å². The molecule has 0 aromatic heterocycles. The second-order valence-corrected chi connectivity index (χ2v) is 6.05. The van der Waals surface area contributed by atoms with Gasteiger partial charge in [0, 0.05) is 18.2 Å². The van der Waals surface area contributed by atoms with Gasteiger partial charge in [0.25, 0.3) is 0 Å². The molecule has 1 N–H and O–H groups in total. The van der Waals surface area contributed by atoms with E-state index in [0.717, 1.165) is 0 Å². The second-order valence-electron chi connectivity index (χ2n) is 6.05. The van der Waals surface area contributed by atoms with E-state index < -0.39 is 11.9 Å². The Morgan fingerprint density at radius 3 is 2.58 bits per heavy atom. The van der Waals surface area contributed by atoms with E-state index in [-0.39, 0.29) is 18.2 Å². The van der Waals surface area contributed by atoms with Gasteiger partial charge in [0.15, 0.2) is 11.5 Å². The zero-order valence-electron chi connectivity index (χ0n) is 14.8. The molecule has 0 saturated carbocycles. The molecule has 1 aromatic rings. The molecule has 2 rings (SSSR count). The summed E-state index contributed by atoms with van der Waals surface area (Å²) in [6, 6.07) is 2.03. The smallest absolute Gasteiger partial charge is 0.318 e. The fourth-order valence-corrected chi connectivity index (χ4v) is 2.73. The van der Waals surface area contributed by atoms with Gasteiger partial charge in [-0.2, -0.15) is 0 Å². The van der Waals surface area contributed by atoms with Crippen molar-refractivity contribution in [3.05, 3.63) is 23.5 Å². The predicted molar refractivity (Wildman–Crippen MR) is 88.0 cm³/mol. The van der Waals surface area contributed by atoms with E-state index in [2.05, 4.69) is 5.32 Å². The Hall–Kier alpha value is -2.02. The maximum atomic E-state index is 14.3. The zero-order valence-corrected chi connectivity index (χ0v) is 14.8. The topological polar surface area (TPSA) is 60.0 Å². The van der Waals surface area contributed by atoms with Gasteiger partial charge >= 0.3 is 6.03 Å². The van der Waals surface area contributed by atoms with Crippen LogP contribution in [0.5, 0.6) is 11.5 Å². The summed E-state index contributed by atoms with van der Waals surface area (Å²) in [6.45, 7) is 6.58. The summed E-state index contributed by atoms with van der Waals surface area (Å²) < 4.78 is 30.1. The summed E-state index contributed by atoms with van der Waals surface area (Å²) in [5.41, 5.74) is 0.343. The molecule has 1 aliphatic rings. The van der Waals surface area contributed by atoms with Gasteiger partial charge in [-0.3, -0.25) is 0 Å². The number of nitrogens with zero attached hydrogens (tertiary/aromatic N) is 1. The van der Waals surface area contributed by atoms with Gasteiger partial charge in [0.2, 0.25) is 0 Å². The molecular weight excluding hydrogens is 315 g/mol. The molecule has 2 amide bonds. The number of morpholine rings is 1. The minimum Gasteiger partial charge on any atom is -0.493 e. The van der Waals surface area contributed by atoms with Crippen molar-refractivity contribution in [1.82, 2.24) is 10.2 Å². The van der Waals surface area contributed by atoms with Gasteiger partial charge < -0.3 is 24.4 Å². The highest BCUT2D eigenvalue weighted by Gasteiger charge is 2.29. The fraction of sp³-hybridized carbons (Fsp3) is 0.588. The molecule has 1 heterocycles. The number of methoxy groups -OCH3 is 2.